The fourth-order valence-corrected chi connectivity index (χ4v) is 3.37. The maximum absolute atomic E-state index is 13.9. The van der Waals surface area contributed by atoms with Gasteiger partial charge in [-0.1, -0.05) is 38.1 Å². The summed E-state index contributed by atoms with van der Waals surface area (Å²) in [5, 5.41) is 6.30. The Morgan fingerprint density at radius 3 is 2.42 bits per heavy atom. The van der Waals surface area contributed by atoms with Crippen molar-refractivity contribution in [1.82, 2.24) is 4.90 Å². The maximum Gasteiger partial charge on any atom is 0.241 e. The Kier molecular flexibility index (Phi) is 5.45. The molecule has 1 amide bonds. The quantitative estimate of drug-likeness (QED) is 0.822. The van der Waals surface area contributed by atoms with Crippen LogP contribution in [0.25, 0.3) is 0 Å². The van der Waals surface area contributed by atoms with Crippen LogP contribution in [0.2, 0.25) is 0 Å². The summed E-state index contributed by atoms with van der Waals surface area (Å²) in [4.78, 5) is 14.5. The van der Waals surface area contributed by atoms with Crippen LogP contribution in [-0.4, -0.2) is 30.4 Å². The summed E-state index contributed by atoms with van der Waals surface area (Å²) in [6.07, 6.45) is 2.20. The number of likely N-dealkylation sites (tertiary alicyclic amines) is 1. The summed E-state index contributed by atoms with van der Waals surface area (Å²) >= 11 is 0. The monoisotopic (exact) mass is 355 g/mol. The smallest absolute Gasteiger partial charge is 0.241 e. The number of amides is 1. The molecular formula is C21H26FN3O. The van der Waals surface area contributed by atoms with Crippen LogP contribution in [0.3, 0.4) is 0 Å². The number of carbonyl (C=O) groups is 1. The van der Waals surface area contributed by atoms with Crippen LogP contribution >= 0.6 is 0 Å². The van der Waals surface area contributed by atoms with E-state index in [1.165, 1.54) is 6.07 Å². The number of piperidine rings is 1. The predicted octanol–water partition coefficient (Wildman–Crippen LogP) is 4.63. The second-order valence-corrected chi connectivity index (χ2v) is 7.59. The number of anilines is 3. The average molecular weight is 355 g/mol. The topological polar surface area (TPSA) is 44.4 Å². The zero-order valence-corrected chi connectivity index (χ0v) is 15.4. The highest BCUT2D eigenvalue weighted by molar-refractivity contribution is 5.83. The third-order valence-corrected chi connectivity index (χ3v) is 4.75. The second kappa shape index (κ2) is 7.77. The van der Waals surface area contributed by atoms with Crippen LogP contribution in [0.5, 0.6) is 0 Å². The van der Waals surface area contributed by atoms with E-state index in [1.807, 2.05) is 29.2 Å². The fourth-order valence-electron chi connectivity index (χ4n) is 3.37. The van der Waals surface area contributed by atoms with E-state index >= 15 is 0 Å². The molecule has 26 heavy (non-hydrogen) atoms. The Hall–Kier alpha value is -2.56. The van der Waals surface area contributed by atoms with Crippen LogP contribution in [0.1, 0.15) is 26.7 Å². The lowest BCUT2D eigenvalue weighted by molar-refractivity contribution is -0.132. The van der Waals surface area contributed by atoms with E-state index in [1.54, 1.807) is 18.2 Å². The maximum atomic E-state index is 13.9. The van der Waals surface area contributed by atoms with Crippen molar-refractivity contribution in [3.8, 4) is 0 Å². The second-order valence-electron chi connectivity index (χ2n) is 7.59. The SMILES string of the molecule is CC1(C)CCCN(C(=O)CNc2ccccc2Nc2ccccc2F)C1. The lowest BCUT2D eigenvalue weighted by Crippen LogP contribution is -2.45. The number of carbonyl (C=O) groups excluding carboxylic acids is 1. The van der Waals surface area contributed by atoms with Gasteiger partial charge in [-0.15, -0.1) is 0 Å². The molecule has 1 saturated heterocycles. The minimum atomic E-state index is -0.311. The average Bonchev–Trinajstić information content (AvgIpc) is 2.62. The first-order valence-corrected chi connectivity index (χ1v) is 9.07. The van der Waals surface area contributed by atoms with E-state index in [-0.39, 0.29) is 23.7 Å². The van der Waals surface area contributed by atoms with Crippen LogP contribution < -0.4 is 10.6 Å². The van der Waals surface area contributed by atoms with E-state index in [4.69, 9.17) is 0 Å². The highest BCUT2D eigenvalue weighted by Crippen LogP contribution is 2.29. The van der Waals surface area contributed by atoms with E-state index in [0.29, 0.717) is 5.69 Å². The fraction of sp³-hybridized carbons (Fsp3) is 0.381. The predicted molar refractivity (Wildman–Crippen MR) is 104 cm³/mol. The Morgan fingerprint density at radius 2 is 1.73 bits per heavy atom. The zero-order chi connectivity index (χ0) is 18.6. The van der Waals surface area contributed by atoms with Gasteiger partial charge in [-0.3, -0.25) is 4.79 Å². The van der Waals surface area contributed by atoms with Crippen LogP contribution in [-0.2, 0) is 4.79 Å². The van der Waals surface area contributed by atoms with Gasteiger partial charge in [0.25, 0.3) is 0 Å². The number of nitrogens with zero attached hydrogens (tertiary/aromatic N) is 1. The molecule has 0 radical (unpaired) electrons. The van der Waals surface area contributed by atoms with E-state index < -0.39 is 0 Å². The molecule has 138 valence electrons. The molecular weight excluding hydrogens is 329 g/mol. The molecule has 1 fully saturated rings. The van der Waals surface area contributed by atoms with Crippen molar-refractivity contribution >= 4 is 23.0 Å². The highest BCUT2D eigenvalue weighted by Gasteiger charge is 2.28. The van der Waals surface area contributed by atoms with Crippen molar-refractivity contribution in [3.63, 3.8) is 0 Å². The van der Waals surface area contributed by atoms with E-state index in [9.17, 15) is 9.18 Å². The molecule has 2 aromatic rings. The molecule has 0 spiro atoms. The number of rotatable bonds is 5. The summed E-state index contributed by atoms with van der Waals surface area (Å²) in [7, 11) is 0. The Bertz CT molecular complexity index is 775. The molecule has 5 heteroatoms. The molecule has 0 atom stereocenters. The Morgan fingerprint density at radius 1 is 1.08 bits per heavy atom. The molecule has 1 heterocycles. The van der Waals surface area contributed by atoms with Gasteiger partial charge in [0.2, 0.25) is 5.91 Å². The van der Waals surface area contributed by atoms with E-state index in [0.717, 1.165) is 37.3 Å². The molecule has 1 aliphatic heterocycles. The first-order chi connectivity index (χ1) is 12.4. The van der Waals surface area contributed by atoms with Gasteiger partial charge >= 0.3 is 0 Å². The summed E-state index contributed by atoms with van der Waals surface area (Å²) in [6.45, 7) is 6.24. The largest absolute Gasteiger partial charge is 0.374 e. The van der Waals surface area contributed by atoms with Gasteiger partial charge in [-0.2, -0.15) is 0 Å². The van der Waals surface area contributed by atoms with Gasteiger partial charge in [-0.05, 0) is 42.5 Å². The molecule has 2 N–H and O–H groups in total. The molecule has 2 aromatic carbocycles. The number of halogens is 1. The van der Waals surface area contributed by atoms with Gasteiger partial charge in [0, 0.05) is 13.1 Å². The molecule has 0 bridgehead atoms. The van der Waals surface area contributed by atoms with E-state index in [2.05, 4.69) is 24.5 Å². The molecule has 3 rings (SSSR count). The van der Waals surface area contributed by atoms with Gasteiger partial charge < -0.3 is 15.5 Å². The highest BCUT2D eigenvalue weighted by atomic mass is 19.1. The number of benzene rings is 2. The zero-order valence-electron chi connectivity index (χ0n) is 15.4. The first-order valence-electron chi connectivity index (χ1n) is 9.07. The van der Waals surface area contributed by atoms with Crippen molar-refractivity contribution in [3.05, 3.63) is 54.3 Å². The number of nitrogens with one attached hydrogen (secondary N) is 2. The van der Waals surface area contributed by atoms with Crippen LogP contribution in [0.4, 0.5) is 21.5 Å². The van der Waals surface area contributed by atoms with Gasteiger partial charge in [0.05, 0.1) is 23.6 Å². The summed E-state index contributed by atoms with van der Waals surface area (Å²) in [6, 6.07) is 14.1. The minimum Gasteiger partial charge on any atom is -0.374 e. The van der Waals surface area contributed by atoms with Gasteiger partial charge in [-0.25, -0.2) is 4.39 Å². The van der Waals surface area contributed by atoms with Crippen LogP contribution in [0.15, 0.2) is 48.5 Å². The molecule has 4 nitrogen and oxygen atoms in total. The lowest BCUT2D eigenvalue weighted by atomic mass is 9.84. The summed E-state index contributed by atoms with van der Waals surface area (Å²) in [5.41, 5.74) is 2.11. The minimum absolute atomic E-state index is 0.0958. The van der Waals surface area contributed by atoms with Crippen LogP contribution in [0, 0.1) is 11.2 Å². The third kappa shape index (κ3) is 4.54. The standard InChI is InChI=1S/C21H26FN3O/c1-21(2)12-7-13-25(15-21)20(26)14-23-18-10-5-6-11-19(18)24-17-9-4-3-8-16(17)22/h3-6,8-11,23-24H,7,12-15H2,1-2H3. The Labute approximate surface area is 154 Å². The van der Waals surface area contributed by atoms with Crippen molar-refractivity contribution in [2.24, 2.45) is 5.41 Å². The molecule has 1 aliphatic rings. The molecule has 0 aromatic heterocycles. The van der Waals surface area contributed by atoms with Crippen molar-refractivity contribution in [2.75, 3.05) is 30.3 Å². The van der Waals surface area contributed by atoms with Crippen molar-refractivity contribution in [1.29, 1.82) is 0 Å². The normalized spacial score (nSPS) is 16.2. The number of para-hydroxylation sites is 3. The molecule has 0 unspecified atom stereocenters. The molecule has 0 saturated carbocycles. The van der Waals surface area contributed by atoms with Crippen molar-refractivity contribution < 1.29 is 9.18 Å². The first kappa shape index (κ1) is 18.2. The van der Waals surface area contributed by atoms with Gasteiger partial charge in [0.15, 0.2) is 0 Å². The number of hydrogen-bond acceptors (Lipinski definition) is 3. The third-order valence-electron chi connectivity index (χ3n) is 4.75. The molecule has 0 aliphatic carbocycles. The van der Waals surface area contributed by atoms with Crippen molar-refractivity contribution in [2.45, 2.75) is 26.7 Å². The summed E-state index contributed by atoms with van der Waals surface area (Å²) in [5.74, 6) is -0.215. The lowest BCUT2D eigenvalue weighted by Gasteiger charge is -2.38. The number of hydrogen-bond donors (Lipinski definition) is 2. The van der Waals surface area contributed by atoms with Gasteiger partial charge in [0.1, 0.15) is 5.82 Å². The Balaban J connectivity index is 1.65. The summed E-state index contributed by atoms with van der Waals surface area (Å²) < 4.78 is 13.9.